The topological polar surface area (TPSA) is 86.9 Å². The molecule has 1 aliphatic rings. The number of hydrogen-bond donors (Lipinski definition) is 3. The number of aryl methyl sites for hydroxylation is 2. The molecule has 1 saturated heterocycles. The maximum atomic E-state index is 12.1. The molecule has 18 heavy (non-hydrogen) atoms. The molecule has 1 aliphatic heterocycles. The van der Waals surface area contributed by atoms with Crippen LogP contribution in [0.15, 0.2) is 4.90 Å². The van der Waals surface area contributed by atoms with E-state index in [4.69, 9.17) is 0 Å². The van der Waals surface area contributed by atoms with E-state index in [-0.39, 0.29) is 23.3 Å². The predicted molar refractivity (Wildman–Crippen MR) is 71.5 cm³/mol. The number of H-pyrrole nitrogens is 1. The van der Waals surface area contributed by atoms with E-state index in [1.54, 1.807) is 13.8 Å². The summed E-state index contributed by atoms with van der Waals surface area (Å²) in [7, 11) is -3.45. The summed E-state index contributed by atoms with van der Waals surface area (Å²) >= 11 is 0. The van der Waals surface area contributed by atoms with Gasteiger partial charge in [-0.05, 0) is 33.2 Å². The van der Waals surface area contributed by atoms with Gasteiger partial charge in [-0.1, -0.05) is 0 Å². The molecule has 0 bridgehead atoms. The monoisotopic (exact) mass is 294 g/mol. The average molecular weight is 295 g/mol. The first-order valence-electron chi connectivity index (χ1n) is 5.75. The van der Waals surface area contributed by atoms with Crippen molar-refractivity contribution in [1.82, 2.24) is 20.2 Å². The molecule has 0 radical (unpaired) electrons. The first kappa shape index (κ1) is 15.4. The molecule has 104 valence electrons. The van der Waals surface area contributed by atoms with Crippen molar-refractivity contribution in [1.29, 1.82) is 0 Å². The van der Waals surface area contributed by atoms with Gasteiger partial charge in [0.15, 0.2) is 0 Å². The van der Waals surface area contributed by atoms with Gasteiger partial charge < -0.3 is 5.32 Å². The van der Waals surface area contributed by atoms with E-state index in [1.165, 1.54) is 0 Å². The van der Waals surface area contributed by atoms with E-state index in [0.29, 0.717) is 17.9 Å². The van der Waals surface area contributed by atoms with Crippen LogP contribution in [0.4, 0.5) is 0 Å². The fourth-order valence-electron chi connectivity index (χ4n) is 2.15. The molecule has 3 N–H and O–H groups in total. The zero-order valence-electron chi connectivity index (χ0n) is 10.5. The quantitative estimate of drug-likeness (QED) is 0.754. The molecule has 0 amide bonds. The van der Waals surface area contributed by atoms with Crippen LogP contribution in [0.1, 0.15) is 24.2 Å². The van der Waals surface area contributed by atoms with Crippen LogP contribution in [0.25, 0.3) is 0 Å². The number of aromatic amines is 1. The number of hydrogen-bond acceptors (Lipinski definition) is 4. The first-order valence-corrected chi connectivity index (χ1v) is 7.23. The highest BCUT2D eigenvalue weighted by molar-refractivity contribution is 7.89. The van der Waals surface area contributed by atoms with E-state index in [1.807, 2.05) is 0 Å². The molecule has 1 atom stereocenters. The molecule has 2 heterocycles. The van der Waals surface area contributed by atoms with Crippen molar-refractivity contribution in [3.8, 4) is 0 Å². The van der Waals surface area contributed by atoms with Crippen molar-refractivity contribution in [3.63, 3.8) is 0 Å². The van der Waals surface area contributed by atoms with Crippen molar-refractivity contribution < 1.29 is 8.42 Å². The summed E-state index contributed by atoms with van der Waals surface area (Å²) < 4.78 is 26.8. The highest BCUT2D eigenvalue weighted by Gasteiger charge is 2.24. The highest BCUT2D eigenvalue weighted by atomic mass is 35.5. The van der Waals surface area contributed by atoms with Crippen molar-refractivity contribution in [2.24, 2.45) is 0 Å². The van der Waals surface area contributed by atoms with Gasteiger partial charge in [-0.15, -0.1) is 12.4 Å². The molecule has 0 saturated carbocycles. The number of halogens is 1. The highest BCUT2D eigenvalue weighted by Crippen LogP contribution is 2.16. The Hall–Kier alpha value is -0.630. The third kappa shape index (κ3) is 3.23. The third-order valence-corrected chi connectivity index (χ3v) is 4.70. The molecule has 6 nitrogen and oxygen atoms in total. The Morgan fingerprint density at radius 1 is 1.44 bits per heavy atom. The van der Waals surface area contributed by atoms with Crippen LogP contribution in [0.5, 0.6) is 0 Å². The molecule has 0 aliphatic carbocycles. The minimum Gasteiger partial charge on any atom is -0.313 e. The van der Waals surface area contributed by atoms with Gasteiger partial charge in [0.25, 0.3) is 0 Å². The SMILES string of the molecule is Cc1n[nH]c(C)c1S(=O)(=O)NCC1CCCN1.Cl. The van der Waals surface area contributed by atoms with E-state index >= 15 is 0 Å². The summed E-state index contributed by atoms with van der Waals surface area (Å²) in [5.41, 5.74) is 1.09. The van der Waals surface area contributed by atoms with Gasteiger partial charge in [-0.3, -0.25) is 5.10 Å². The Balaban J connectivity index is 0.00000162. The van der Waals surface area contributed by atoms with Gasteiger partial charge in [0.2, 0.25) is 10.0 Å². The molecular weight excluding hydrogens is 276 g/mol. The number of nitrogens with one attached hydrogen (secondary N) is 3. The lowest BCUT2D eigenvalue weighted by Crippen LogP contribution is -2.37. The summed E-state index contributed by atoms with van der Waals surface area (Å²) in [6, 6.07) is 0.247. The smallest absolute Gasteiger partial charge is 0.244 e. The standard InChI is InChI=1S/C10H18N4O2S.ClH/c1-7-10(8(2)14-13-7)17(15,16)12-6-9-4-3-5-11-9;/h9,11-12H,3-6H2,1-2H3,(H,13,14);1H. The van der Waals surface area contributed by atoms with Crippen LogP contribution in [0.2, 0.25) is 0 Å². The lowest BCUT2D eigenvalue weighted by atomic mass is 10.2. The first-order chi connectivity index (χ1) is 8.00. The zero-order chi connectivity index (χ0) is 12.5. The molecule has 2 rings (SSSR count). The zero-order valence-corrected chi connectivity index (χ0v) is 12.1. The molecule has 1 aromatic rings. The Labute approximate surface area is 113 Å². The minimum absolute atomic E-state index is 0. The minimum atomic E-state index is -3.45. The van der Waals surface area contributed by atoms with Gasteiger partial charge >= 0.3 is 0 Å². The second-order valence-corrected chi connectivity index (χ2v) is 6.11. The average Bonchev–Trinajstić information content (AvgIpc) is 2.86. The summed E-state index contributed by atoms with van der Waals surface area (Å²) in [6.07, 6.45) is 2.13. The fourth-order valence-corrected chi connectivity index (χ4v) is 3.60. The van der Waals surface area contributed by atoms with Crippen molar-refractivity contribution >= 4 is 22.4 Å². The lowest BCUT2D eigenvalue weighted by molar-refractivity contribution is 0.551. The van der Waals surface area contributed by atoms with E-state index in [0.717, 1.165) is 19.4 Å². The van der Waals surface area contributed by atoms with E-state index in [2.05, 4.69) is 20.2 Å². The molecule has 1 fully saturated rings. The number of rotatable bonds is 4. The van der Waals surface area contributed by atoms with Crippen LogP contribution < -0.4 is 10.0 Å². The van der Waals surface area contributed by atoms with Crippen LogP contribution in [0.3, 0.4) is 0 Å². The second-order valence-electron chi connectivity index (χ2n) is 4.41. The molecule has 1 unspecified atom stereocenters. The largest absolute Gasteiger partial charge is 0.313 e. The summed E-state index contributed by atoms with van der Waals surface area (Å²) in [6.45, 7) is 4.80. The van der Waals surface area contributed by atoms with E-state index < -0.39 is 10.0 Å². The molecule has 1 aromatic heterocycles. The van der Waals surface area contributed by atoms with Crippen LogP contribution in [-0.4, -0.2) is 37.7 Å². The number of aromatic nitrogens is 2. The fraction of sp³-hybridized carbons (Fsp3) is 0.700. The van der Waals surface area contributed by atoms with Crippen LogP contribution in [0, 0.1) is 13.8 Å². The molecule has 8 heteroatoms. The Morgan fingerprint density at radius 3 is 2.67 bits per heavy atom. The van der Waals surface area contributed by atoms with Gasteiger partial charge in [0.1, 0.15) is 4.90 Å². The Morgan fingerprint density at radius 2 is 2.17 bits per heavy atom. The normalized spacial score (nSPS) is 19.8. The van der Waals surface area contributed by atoms with Crippen molar-refractivity contribution in [3.05, 3.63) is 11.4 Å². The second kappa shape index (κ2) is 6.01. The summed E-state index contributed by atoms with van der Waals surface area (Å²) in [5.74, 6) is 0. The Kier molecular flexibility index (Phi) is 5.15. The number of sulfonamides is 1. The summed E-state index contributed by atoms with van der Waals surface area (Å²) in [5, 5.41) is 9.84. The molecular formula is C10H19ClN4O2S. The summed E-state index contributed by atoms with van der Waals surface area (Å²) in [4.78, 5) is 0.274. The third-order valence-electron chi connectivity index (χ3n) is 3.01. The van der Waals surface area contributed by atoms with Crippen LogP contribution >= 0.6 is 12.4 Å². The molecule has 0 spiro atoms. The predicted octanol–water partition coefficient (Wildman–Crippen LogP) is 0.479. The van der Waals surface area contributed by atoms with Crippen molar-refractivity contribution in [2.75, 3.05) is 13.1 Å². The van der Waals surface area contributed by atoms with Gasteiger partial charge in [-0.25, -0.2) is 13.1 Å². The van der Waals surface area contributed by atoms with Gasteiger partial charge in [-0.2, -0.15) is 5.10 Å². The van der Waals surface area contributed by atoms with Crippen LogP contribution in [-0.2, 0) is 10.0 Å². The van der Waals surface area contributed by atoms with Crippen molar-refractivity contribution in [2.45, 2.75) is 37.6 Å². The molecule has 0 aromatic carbocycles. The maximum Gasteiger partial charge on any atom is 0.244 e. The maximum absolute atomic E-state index is 12.1. The van der Waals surface area contributed by atoms with Gasteiger partial charge in [0.05, 0.1) is 11.4 Å². The van der Waals surface area contributed by atoms with Gasteiger partial charge in [0, 0.05) is 12.6 Å². The van der Waals surface area contributed by atoms with E-state index in [9.17, 15) is 8.42 Å². The Bertz CT molecular complexity index is 474. The number of nitrogens with zero attached hydrogens (tertiary/aromatic N) is 1. The lowest BCUT2D eigenvalue weighted by Gasteiger charge is -2.12.